The van der Waals surface area contributed by atoms with E-state index < -0.39 is 22.2 Å². The summed E-state index contributed by atoms with van der Waals surface area (Å²) in [4.78, 5) is 44.5. The second-order valence-corrected chi connectivity index (χ2v) is 20.6. The van der Waals surface area contributed by atoms with Gasteiger partial charge >= 0.3 is 11.9 Å². The van der Waals surface area contributed by atoms with Gasteiger partial charge in [-0.15, -0.1) is 6.42 Å². The number of aliphatic hydroxyl groups excluding tert-OH is 2. The first-order valence-electron chi connectivity index (χ1n) is 22.3. The summed E-state index contributed by atoms with van der Waals surface area (Å²) >= 11 is 14.9. The number of hydrogen-bond donors (Lipinski definition) is 4. The number of aliphatic hydroxyl groups is 2. The zero-order chi connectivity index (χ0) is 51.7. The first-order chi connectivity index (χ1) is 33.6. The Morgan fingerprint density at radius 1 is 0.718 bits per heavy atom. The third kappa shape index (κ3) is 12.9. The van der Waals surface area contributed by atoms with Gasteiger partial charge in [0.15, 0.2) is 11.6 Å². The minimum absolute atomic E-state index is 0.0509. The van der Waals surface area contributed by atoms with Crippen molar-refractivity contribution in [1.82, 2.24) is 19.9 Å². The van der Waals surface area contributed by atoms with E-state index in [1.807, 2.05) is 115 Å². The van der Waals surface area contributed by atoms with Gasteiger partial charge < -0.3 is 41.0 Å². The van der Waals surface area contributed by atoms with Crippen LogP contribution in [0.4, 0.5) is 34.9 Å². The standard InChI is InChI=1S/C27H27ClN4O3.C14H14ClIN4O.C13H14O2/c1-26(2,24(34)35-15-19-7-5-4-6-8-19)12-11-18-9-10-20-22(13-18)32(16-27(20,3)17-33)23-21(28)14-30-25(29)31-23;1-14(7-21)6-20(11-4-8(16)2-3-9(11)14)12-10(15)5-18-13(17)19-12;1-4-13(2,3)12(14)15-10-11-8-6-5-7-9-11/h4-10,13-14,33H,15-17H2,1-3H3,(H2,29,30,31);2-5,21H,6-7H2,1H3,(H2,17,18,19);1,5-9H,10H2,2-3H3/t27-;14-;/m00./s1. The molecule has 0 bridgehead atoms. The summed E-state index contributed by atoms with van der Waals surface area (Å²) < 4.78 is 11.7. The summed E-state index contributed by atoms with van der Waals surface area (Å²) in [5.41, 5.74) is 15.2. The molecular formula is C54H55Cl2IN8O6. The number of esters is 2. The molecule has 0 amide bonds. The number of terminal acetylenes is 1. The molecule has 0 aliphatic carbocycles. The first kappa shape index (κ1) is 53.9. The molecule has 0 unspecified atom stereocenters. The normalized spacial score (nSPS) is 16.6. The fourth-order valence-corrected chi connectivity index (χ4v) is 8.40. The average Bonchev–Trinajstić information content (AvgIpc) is 3.83. The van der Waals surface area contributed by atoms with Gasteiger partial charge in [0.05, 0.1) is 25.6 Å². The SMILES string of the molecule is C#CC(C)(C)C(=O)OCc1ccccc1.CC(C)(C#Cc1ccc2c(c1)N(c1nc(N)ncc1Cl)C[C@@]2(C)CO)C(=O)OCc1ccccc1.C[C@@]1(CO)CN(c2nc(N)ncc2Cl)c2cc(I)ccc21. The highest BCUT2D eigenvalue weighted by Gasteiger charge is 2.42. The van der Waals surface area contributed by atoms with Gasteiger partial charge in [0.25, 0.3) is 0 Å². The van der Waals surface area contributed by atoms with E-state index in [1.165, 1.54) is 12.4 Å². The maximum Gasteiger partial charge on any atom is 0.324 e. The zero-order valence-electron chi connectivity index (χ0n) is 40.2. The lowest BCUT2D eigenvalue weighted by Crippen LogP contribution is -2.32. The van der Waals surface area contributed by atoms with Crippen molar-refractivity contribution in [1.29, 1.82) is 0 Å². The second kappa shape index (κ2) is 22.7. The Balaban J connectivity index is 0.000000194. The lowest BCUT2D eigenvalue weighted by molar-refractivity contribution is -0.152. The van der Waals surface area contributed by atoms with Crippen LogP contribution in [0.1, 0.15) is 69.4 Å². The molecule has 2 atom stereocenters. The number of benzene rings is 4. The Kier molecular flexibility index (Phi) is 17.3. The van der Waals surface area contributed by atoms with Crippen molar-refractivity contribution in [3.05, 3.63) is 151 Å². The van der Waals surface area contributed by atoms with Crippen LogP contribution < -0.4 is 21.3 Å². The van der Waals surface area contributed by atoms with Crippen LogP contribution in [0.25, 0.3) is 0 Å². The number of rotatable bonds is 10. The number of ether oxygens (including phenoxy) is 2. The molecule has 4 heterocycles. The molecule has 4 aromatic carbocycles. The van der Waals surface area contributed by atoms with Gasteiger partial charge in [0, 0.05) is 44.4 Å². The molecule has 2 aliphatic rings. The van der Waals surface area contributed by atoms with Crippen LogP contribution in [0.5, 0.6) is 0 Å². The monoisotopic (exact) mass is 1110 g/mol. The van der Waals surface area contributed by atoms with E-state index in [4.69, 9.17) is 50.6 Å². The van der Waals surface area contributed by atoms with Gasteiger partial charge in [0.2, 0.25) is 11.9 Å². The van der Waals surface area contributed by atoms with Crippen molar-refractivity contribution in [3.63, 3.8) is 0 Å². The quantitative estimate of drug-likeness (QED) is 0.0574. The molecule has 2 aromatic heterocycles. The van der Waals surface area contributed by atoms with E-state index in [-0.39, 0.29) is 49.7 Å². The highest BCUT2D eigenvalue weighted by molar-refractivity contribution is 14.1. The number of nitrogens with zero attached hydrogens (tertiary/aromatic N) is 6. The Morgan fingerprint density at radius 3 is 1.61 bits per heavy atom. The Bertz CT molecular complexity index is 3000. The third-order valence-electron chi connectivity index (χ3n) is 11.9. The molecule has 6 aromatic rings. The number of fused-ring (bicyclic) bond motifs is 2. The van der Waals surface area contributed by atoms with Gasteiger partial charge in [-0.1, -0.05) is 128 Å². The van der Waals surface area contributed by atoms with Crippen molar-refractivity contribution < 1.29 is 29.3 Å². The number of aromatic nitrogens is 4. The summed E-state index contributed by atoms with van der Waals surface area (Å²) in [5.74, 6) is 9.12. The van der Waals surface area contributed by atoms with Crippen molar-refractivity contribution in [3.8, 4) is 24.2 Å². The number of carbonyl (C=O) groups is 2. The molecule has 0 saturated carbocycles. The predicted octanol–water partition coefficient (Wildman–Crippen LogP) is 9.34. The molecule has 2 aliphatic heterocycles. The summed E-state index contributed by atoms with van der Waals surface area (Å²) in [6, 6.07) is 30.9. The molecule has 368 valence electrons. The van der Waals surface area contributed by atoms with Crippen LogP contribution in [-0.4, -0.2) is 68.4 Å². The smallest absolute Gasteiger partial charge is 0.324 e. The highest BCUT2D eigenvalue weighted by atomic mass is 127. The molecule has 14 nitrogen and oxygen atoms in total. The Hall–Kier alpha value is -6.47. The summed E-state index contributed by atoms with van der Waals surface area (Å²) in [7, 11) is 0. The van der Waals surface area contributed by atoms with Crippen LogP contribution in [0.3, 0.4) is 0 Å². The molecular weight excluding hydrogens is 1050 g/mol. The fraction of sp³-hybridized carbons (Fsp3) is 0.296. The van der Waals surface area contributed by atoms with Crippen LogP contribution in [0.2, 0.25) is 10.0 Å². The van der Waals surface area contributed by atoms with E-state index in [0.29, 0.717) is 40.3 Å². The minimum atomic E-state index is -1.00. The molecule has 0 spiro atoms. The number of nitrogen functional groups attached to an aromatic ring is 2. The van der Waals surface area contributed by atoms with Gasteiger partial charge in [-0.05, 0) is 96.8 Å². The molecule has 0 fully saturated rings. The van der Waals surface area contributed by atoms with E-state index in [1.54, 1.807) is 27.7 Å². The molecule has 8 rings (SSSR count). The van der Waals surface area contributed by atoms with Gasteiger partial charge in [-0.25, -0.2) is 9.97 Å². The Labute approximate surface area is 438 Å². The van der Waals surface area contributed by atoms with Crippen LogP contribution in [0.15, 0.2) is 109 Å². The van der Waals surface area contributed by atoms with Crippen LogP contribution in [-0.2, 0) is 43.1 Å². The van der Waals surface area contributed by atoms with E-state index in [0.717, 1.165) is 37.2 Å². The molecule has 6 N–H and O–H groups in total. The maximum absolute atomic E-state index is 12.7. The van der Waals surface area contributed by atoms with Gasteiger partial charge in [0.1, 0.15) is 34.1 Å². The van der Waals surface area contributed by atoms with Crippen LogP contribution in [0, 0.1) is 38.6 Å². The van der Waals surface area contributed by atoms with E-state index in [9.17, 15) is 19.8 Å². The highest BCUT2D eigenvalue weighted by Crippen LogP contribution is 2.47. The molecule has 0 saturated heterocycles. The largest absolute Gasteiger partial charge is 0.460 e. The molecule has 0 radical (unpaired) electrons. The zero-order valence-corrected chi connectivity index (χ0v) is 43.9. The van der Waals surface area contributed by atoms with E-state index >= 15 is 0 Å². The molecule has 17 heteroatoms. The number of hydrogen-bond acceptors (Lipinski definition) is 14. The summed E-state index contributed by atoms with van der Waals surface area (Å²) in [6.07, 6.45) is 8.19. The first-order valence-corrected chi connectivity index (χ1v) is 24.2. The van der Waals surface area contributed by atoms with Crippen molar-refractivity contribution in [2.24, 2.45) is 10.8 Å². The topological polar surface area (TPSA) is 203 Å². The summed E-state index contributed by atoms with van der Waals surface area (Å²) in [6.45, 7) is 12.3. The number of nitrogens with two attached hydrogens (primary N) is 2. The van der Waals surface area contributed by atoms with Gasteiger partial charge in [-0.2, -0.15) is 9.97 Å². The van der Waals surface area contributed by atoms with Crippen molar-refractivity contribution in [2.45, 2.75) is 65.6 Å². The van der Waals surface area contributed by atoms with Gasteiger partial charge in [-0.3, -0.25) is 9.59 Å². The van der Waals surface area contributed by atoms with E-state index in [2.05, 4.69) is 66.4 Å². The molecule has 71 heavy (non-hydrogen) atoms. The van der Waals surface area contributed by atoms with Crippen molar-refractivity contribution in [2.75, 3.05) is 47.6 Å². The minimum Gasteiger partial charge on any atom is -0.460 e. The second-order valence-electron chi connectivity index (χ2n) is 18.6. The predicted molar refractivity (Wildman–Crippen MR) is 287 cm³/mol. The lowest BCUT2D eigenvalue weighted by Gasteiger charge is -2.24. The lowest BCUT2D eigenvalue weighted by atomic mass is 9.85. The van der Waals surface area contributed by atoms with Crippen LogP contribution >= 0.6 is 45.8 Å². The maximum atomic E-state index is 12.7. The summed E-state index contributed by atoms with van der Waals surface area (Å²) in [5, 5.41) is 20.7. The number of halogens is 3. The number of carbonyl (C=O) groups excluding carboxylic acids is 2. The Morgan fingerprint density at radius 2 is 1.15 bits per heavy atom. The van der Waals surface area contributed by atoms with Crippen molar-refractivity contribution >= 4 is 92.6 Å². The fourth-order valence-electron chi connectivity index (χ4n) is 7.54. The number of anilines is 6. The average molecular weight is 1110 g/mol. The third-order valence-corrected chi connectivity index (χ3v) is 13.1.